The highest BCUT2D eigenvalue weighted by Gasteiger charge is 2.16. The van der Waals surface area contributed by atoms with Crippen LogP contribution < -0.4 is 5.73 Å². The molecule has 0 aliphatic carbocycles. The molecule has 1 aromatic heterocycles. The molecule has 21 heavy (non-hydrogen) atoms. The minimum atomic E-state index is -0.443. The first kappa shape index (κ1) is 18.0. The average Bonchev–Trinajstić information content (AvgIpc) is 2.85. The number of aromatic nitrogens is 1. The minimum Gasteiger partial charge on any atom is -0.464 e. The van der Waals surface area contributed by atoms with Crippen LogP contribution in [0.4, 0.5) is 5.00 Å². The van der Waals surface area contributed by atoms with Crippen LogP contribution in [-0.4, -0.2) is 18.1 Å². The Kier molecular flexibility index (Phi) is 9.06. The van der Waals surface area contributed by atoms with Crippen LogP contribution in [-0.2, 0) is 11.2 Å². The van der Waals surface area contributed by atoms with Gasteiger partial charge in [-0.15, -0.1) is 11.3 Å². The summed E-state index contributed by atoms with van der Waals surface area (Å²) in [7, 11) is 1.35. The molecule has 0 spiro atoms. The number of esters is 1. The van der Waals surface area contributed by atoms with Gasteiger partial charge >= 0.3 is 5.97 Å². The topological polar surface area (TPSA) is 65.2 Å². The van der Waals surface area contributed by atoms with Crippen molar-refractivity contribution in [3.63, 3.8) is 0 Å². The predicted octanol–water partition coefficient (Wildman–Crippen LogP) is 4.59. The molecule has 0 saturated heterocycles. The lowest BCUT2D eigenvalue weighted by Crippen LogP contribution is -2.04. The fourth-order valence-corrected chi connectivity index (χ4v) is 3.18. The van der Waals surface area contributed by atoms with Gasteiger partial charge in [-0.1, -0.05) is 58.3 Å². The molecule has 5 heteroatoms. The number of hydrogen-bond donors (Lipinski definition) is 1. The first-order valence-corrected chi connectivity index (χ1v) is 8.84. The lowest BCUT2D eigenvalue weighted by atomic mass is 10.1. The van der Waals surface area contributed by atoms with Crippen molar-refractivity contribution in [1.82, 2.24) is 4.98 Å². The van der Waals surface area contributed by atoms with E-state index in [-0.39, 0.29) is 5.69 Å². The van der Waals surface area contributed by atoms with Crippen molar-refractivity contribution in [2.75, 3.05) is 12.8 Å². The van der Waals surface area contributed by atoms with E-state index in [1.54, 1.807) is 0 Å². The summed E-state index contributed by atoms with van der Waals surface area (Å²) in [6.45, 7) is 2.25. The first-order chi connectivity index (χ1) is 10.2. The monoisotopic (exact) mass is 312 g/mol. The maximum Gasteiger partial charge on any atom is 0.359 e. The fraction of sp³-hybridized carbons (Fsp3) is 0.750. The van der Waals surface area contributed by atoms with Crippen LogP contribution in [0.1, 0.15) is 80.2 Å². The Labute approximate surface area is 132 Å². The molecule has 1 aromatic rings. The zero-order chi connectivity index (χ0) is 15.5. The SMILES string of the molecule is CCCCCCCCCCCc1nc(C(=O)OC)c(N)s1. The van der Waals surface area contributed by atoms with E-state index in [4.69, 9.17) is 5.73 Å². The number of methoxy groups -OCH3 is 1. The van der Waals surface area contributed by atoms with Gasteiger partial charge in [0.25, 0.3) is 0 Å². The Hall–Kier alpha value is -1.10. The van der Waals surface area contributed by atoms with Gasteiger partial charge < -0.3 is 10.5 Å². The molecule has 1 rings (SSSR count). The highest BCUT2D eigenvalue weighted by Crippen LogP contribution is 2.23. The molecular weight excluding hydrogens is 284 g/mol. The Morgan fingerprint density at radius 1 is 1.10 bits per heavy atom. The van der Waals surface area contributed by atoms with E-state index in [1.807, 2.05) is 0 Å². The van der Waals surface area contributed by atoms with E-state index in [2.05, 4.69) is 16.6 Å². The van der Waals surface area contributed by atoms with Gasteiger partial charge in [-0.25, -0.2) is 9.78 Å². The number of hydrogen-bond acceptors (Lipinski definition) is 5. The minimum absolute atomic E-state index is 0.272. The molecule has 0 aliphatic heterocycles. The number of carbonyl (C=O) groups excluding carboxylic acids is 1. The molecule has 2 N–H and O–H groups in total. The van der Waals surface area contributed by atoms with Crippen LogP contribution in [0.5, 0.6) is 0 Å². The molecule has 0 unspecified atom stereocenters. The van der Waals surface area contributed by atoms with Gasteiger partial charge in [0.1, 0.15) is 5.00 Å². The third-order valence-electron chi connectivity index (χ3n) is 3.57. The number of carbonyl (C=O) groups is 1. The number of aryl methyl sites for hydroxylation is 1. The van der Waals surface area contributed by atoms with E-state index in [0.717, 1.165) is 17.8 Å². The highest BCUT2D eigenvalue weighted by molar-refractivity contribution is 7.15. The molecular formula is C16H28N2O2S. The summed E-state index contributed by atoms with van der Waals surface area (Å²) in [5.74, 6) is -0.443. The molecule has 120 valence electrons. The first-order valence-electron chi connectivity index (χ1n) is 8.02. The van der Waals surface area contributed by atoms with E-state index < -0.39 is 5.97 Å². The van der Waals surface area contributed by atoms with Gasteiger partial charge in [-0.3, -0.25) is 0 Å². The lowest BCUT2D eigenvalue weighted by molar-refractivity contribution is 0.0596. The number of ether oxygens (including phenoxy) is 1. The third-order valence-corrected chi connectivity index (χ3v) is 4.51. The normalized spacial score (nSPS) is 10.8. The van der Waals surface area contributed by atoms with Crippen molar-refractivity contribution >= 4 is 22.3 Å². The molecule has 0 radical (unpaired) electrons. The number of nitrogens with two attached hydrogens (primary N) is 1. The highest BCUT2D eigenvalue weighted by atomic mass is 32.1. The number of unbranched alkanes of at least 4 members (excludes halogenated alkanes) is 8. The van der Waals surface area contributed by atoms with Crippen molar-refractivity contribution < 1.29 is 9.53 Å². The Bertz CT molecular complexity index is 418. The number of thiazole rings is 1. The lowest BCUT2D eigenvalue weighted by Gasteiger charge is -2.01. The van der Waals surface area contributed by atoms with Crippen LogP contribution in [0.15, 0.2) is 0 Å². The molecule has 1 heterocycles. The van der Waals surface area contributed by atoms with E-state index in [1.165, 1.54) is 69.8 Å². The van der Waals surface area contributed by atoms with Crippen molar-refractivity contribution in [2.24, 2.45) is 0 Å². The Morgan fingerprint density at radius 2 is 1.67 bits per heavy atom. The Morgan fingerprint density at radius 3 is 2.24 bits per heavy atom. The summed E-state index contributed by atoms with van der Waals surface area (Å²) in [5, 5.41) is 1.41. The maximum atomic E-state index is 11.4. The largest absolute Gasteiger partial charge is 0.464 e. The fourth-order valence-electron chi connectivity index (χ4n) is 2.31. The second-order valence-electron chi connectivity index (χ2n) is 5.39. The van der Waals surface area contributed by atoms with Crippen LogP contribution in [0.3, 0.4) is 0 Å². The summed E-state index contributed by atoms with van der Waals surface area (Å²) in [6, 6.07) is 0. The number of anilines is 1. The standard InChI is InChI=1S/C16H28N2O2S/c1-3-4-5-6-7-8-9-10-11-12-13-18-14(15(17)21-13)16(19)20-2/h3-12,17H2,1-2H3. The van der Waals surface area contributed by atoms with Crippen molar-refractivity contribution in [3.05, 3.63) is 10.7 Å². The van der Waals surface area contributed by atoms with Gasteiger partial charge in [-0.05, 0) is 12.8 Å². The molecule has 0 bridgehead atoms. The quantitative estimate of drug-likeness (QED) is 0.479. The second kappa shape index (κ2) is 10.6. The Balaban J connectivity index is 2.12. The number of rotatable bonds is 11. The van der Waals surface area contributed by atoms with E-state index >= 15 is 0 Å². The molecule has 0 fully saturated rings. The van der Waals surface area contributed by atoms with Gasteiger partial charge in [0, 0.05) is 0 Å². The van der Waals surface area contributed by atoms with Crippen molar-refractivity contribution in [1.29, 1.82) is 0 Å². The summed E-state index contributed by atoms with van der Waals surface area (Å²) in [5.41, 5.74) is 6.05. The van der Waals surface area contributed by atoms with Gasteiger partial charge in [0.2, 0.25) is 0 Å². The van der Waals surface area contributed by atoms with E-state index in [9.17, 15) is 4.79 Å². The van der Waals surface area contributed by atoms with Crippen LogP contribution in [0.25, 0.3) is 0 Å². The molecule has 0 aromatic carbocycles. The summed E-state index contributed by atoms with van der Waals surface area (Å²) in [6.07, 6.45) is 12.7. The number of nitrogens with zero attached hydrogens (tertiary/aromatic N) is 1. The summed E-state index contributed by atoms with van der Waals surface area (Å²) < 4.78 is 4.65. The van der Waals surface area contributed by atoms with Gasteiger partial charge in [0.05, 0.1) is 12.1 Å². The van der Waals surface area contributed by atoms with E-state index in [0.29, 0.717) is 5.00 Å². The summed E-state index contributed by atoms with van der Waals surface area (Å²) >= 11 is 1.40. The van der Waals surface area contributed by atoms with Crippen molar-refractivity contribution in [2.45, 2.75) is 71.1 Å². The third kappa shape index (κ3) is 6.93. The maximum absolute atomic E-state index is 11.4. The zero-order valence-electron chi connectivity index (χ0n) is 13.3. The molecule has 0 aliphatic rings. The molecule has 0 amide bonds. The predicted molar refractivity (Wildman–Crippen MR) is 88.8 cm³/mol. The zero-order valence-corrected chi connectivity index (χ0v) is 14.1. The molecule has 4 nitrogen and oxygen atoms in total. The van der Waals surface area contributed by atoms with Crippen LogP contribution >= 0.6 is 11.3 Å². The molecule has 0 atom stereocenters. The van der Waals surface area contributed by atoms with Gasteiger partial charge in [0.15, 0.2) is 5.69 Å². The smallest absolute Gasteiger partial charge is 0.359 e. The van der Waals surface area contributed by atoms with Crippen LogP contribution in [0, 0.1) is 0 Å². The average molecular weight is 312 g/mol. The molecule has 0 saturated carbocycles. The number of nitrogen functional groups attached to an aromatic ring is 1. The second-order valence-corrected chi connectivity index (χ2v) is 6.51. The van der Waals surface area contributed by atoms with Crippen molar-refractivity contribution in [3.8, 4) is 0 Å². The van der Waals surface area contributed by atoms with Crippen LogP contribution in [0.2, 0.25) is 0 Å². The summed E-state index contributed by atoms with van der Waals surface area (Å²) in [4.78, 5) is 15.7. The van der Waals surface area contributed by atoms with Gasteiger partial charge in [-0.2, -0.15) is 0 Å².